The number of amidine groups is 1. The Kier molecular flexibility index (Phi) is 2.80. The number of nitrogens with one attached hydrogen (secondary N) is 1. The number of fused-ring (bicyclic) bond motifs is 1. The topological polar surface area (TPSA) is 44.3 Å². The number of aliphatic imine (C=N–C) groups is 1. The Morgan fingerprint density at radius 1 is 1.30 bits per heavy atom. The van der Waals surface area contributed by atoms with Crippen LogP contribution in [0.2, 0.25) is 0 Å². The van der Waals surface area contributed by atoms with Gasteiger partial charge < -0.3 is 9.88 Å². The van der Waals surface area contributed by atoms with Gasteiger partial charge in [-0.25, -0.2) is 0 Å². The molecule has 4 heterocycles. The van der Waals surface area contributed by atoms with Crippen molar-refractivity contribution in [1.82, 2.24) is 14.9 Å². The molecule has 3 atom stereocenters. The average Bonchev–Trinajstić information content (AvgIpc) is 3.14. The van der Waals surface area contributed by atoms with Gasteiger partial charge in [0.25, 0.3) is 0 Å². The van der Waals surface area contributed by atoms with Gasteiger partial charge in [-0.2, -0.15) is 0 Å². The van der Waals surface area contributed by atoms with Crippen LogP contribution in [-0.2, 0) is 0 Å². The van der Waals surface area contributed by atoms with E-state index in [9.17, 15) is 0 Å². The maximum absolute atomic E-state index is 4.93. The largest absolute Gasteiger partial charge is 0.363 e. The number of hydrogen-bond donors (Lipinski definition) is 1. The van der Waals surface area contributed by atoms with Crippen LogP contribution in [0.15, 0.2) is 47.7 Å². The summed E-state index contributed by atoms with van der Waals surface area (Å²) in [6.07, 6.45) is 3.83. The Labute approximate surface area is 122 Å². The molecule has 0 radical (unpaired) electrons. The van der Waals surface area contributed by atoms with Gasteiger partial charge in [-0.05, 0) is 24.3 Å². The van der Waals surface area contributed by atoms with Crippen molar-refractivity contribution in [3.63, 3.8) is 0 Å². The quantitative estimate of drug-likeness (QED) is 0.922. The first-order valence-corrected chi connectivity index (χ1v) is 7.76. The highest BCUT2D eigenvalue weighted by Crippen LogP contribution is 2.46. The molecule has 102 valence electrons. The van der Waals surface area contributed by atoms with Crippen molar-refractivity contribution in [1.29, 1.82) is 0 Å². The van der Waals surface area contributed by atoms with Gasteiger partial charge in [0.05, 0.1) is 11.7 Å². The van der Waals surface area contributed by atoms with E-state index in [1.165, 1.54) is 5.69 Å². The second-order valence-electron chi connectivity index (χ2n) is 5.26. The molecule has 0 bridgehead atoms. The van der Waals surface area contributed by atoms with Crippen molar-refractivity contribution in [3.8, 4) is 0 Å². The molecule has 5 heteroatoms. The molecule has 20 heavy (non-hydrogen) atoms. The van der Waals surface area contributed by atoms with E-state index < -0.39 is 0 Å². The number of pyridine rings is 1. The van der Waals surface area contributed by atoms with Gasteiger partial charge in [0, 0.05) is 29.9 Å². The number of H-pyrrole nitrogens is 1. The summed E-state index contributed by atoms with van der Waals surface area (Å²) in [4.78, 5) is 15.2. The van der Waals surface area contributed by atoms with E-state index in [0.29, 0.717) is 5.25 Å². The lowest BCUT2D eigenvalue weighted by molar-refractivity contribution is 0.316. The summed E-state index contributed by atoms with van der Waals surface area (Å²) in [5.41, 5.74) is 2.26. The van der Waals surface area contributed by atoms with Crippen molar-refractivity contribution in [3.05, 3.63) is 54.1 Å². The SMILES string of the molecule is C[C@@H]1CN2C(=N[C@@H](c3ccccn3)[C@H]2c2ccc[nH]2)S1. The van der Waals surface area contributed by atoms with E-state index >= 15 is 0 Å². The highest BCUT2D eigenvalue weighted by molar-refractivity contribution is 8.14. The maximum atomic E-state index is 4.93. The fourth-order valence-corrected chi connectivity index (χ4v) is 4.08. The molecule has 2 aromatic rings. The highest BCUT2D eigenvalue weighted by Gasteiger charge is 2.43. The molecule has 1 saturated heterocycles. The highest BCUT2D eigenvalue weighted by atomic mass is 32.2. The molecule has 1 fully saturated rings. The molecule has 0 saturated carbocycles. The third-order valence-corrected chi connectivity index (χ3v) is 4.92. The number of nitrogens with zero attached hydrogens (tertiary/aromatic N) is 3. The molecule has 2 aliphatic heterocycles. The summed E-state index contributed by atoms with van der Waals surface area (Å²) in [6.45, 7) is 3.31. The Morgan fingerprint density at radius 3 is 3.00 bits per heavy atom. The van der Waals surface area contributed by atoms with Crippen LogP contribution in [0.1, 0.15) is 30.4 Å². The van der Waals surface area contributed by atoms with Crippen molar-refractivity contribution in [2.45, 2.75) is 24.3 Å². The van der Waals surface area contributed by atoms with Gasteiger partial charge in [0.2, 0.25) is 0 Å². The van der Waals surface area contributed by atoms with E-state index in [-0.39, 0.29) is 12.1 Å². The zero-order valence-electron chi connectivity index (χ0n) is 11.2. The van der Waals surface area contributed by atoms with Gasteiger partial charge in [0.1, 0.15) is 6.04 Å². The Hall–Kier alpha value is -1.75. The molecule has 0 unspecified atom stereocenters. The summed E-state index contributed by atoms with van der Waals surface area (Å²) in [6, 6.07) is 10.6. The number of aromatic nitrogens is 2. The van der Waals surface area contributed by atoms with Crippen LogP contribution in [0, 0.1) is 0 Å². The molecule has 0 amide bonds. The van der Waals surface area contributed by atoms with Crippen LogP contribution < -0.4 is 0 Å². The Balaban J connectivity index is 1.77. The van der Waals surface area contributed by atoms with Crippen LogP contribution >= 0.6 is 11.8 Å². The molecule has 0 aromatic carbocycles. The second-order valence-corrected chi connectivity index (χ2v) is 6.67. The number of hydrogen-bond acceptors (Lipinski definition) is 4. The first kappa shape index (κ1) is 12.0. The first-order chi connectivity index (χ1) is 9.83. The maximum Gasteiger partial charge on any atom is 0.160 e. The lowest BCUT2D eigenvalue weighted by Gasteiger charge is -2.26. The zero-order valence-corrected chi connectivity index (χ0v) is 12.0. The van der Waals surface area contributed by atoms with Crippen molar-refractivity contribution in [2.75, 3.05) is 6.54 Å². The third-order valence-electron chi connectivity index (χ3n) is 3.82. The molecular weight excluding hydrogens is 268 g/mol. The smallest absolute Gasteiger partial charge is 0.160 e. The normalized spacial score (nSPS) is 28.6. The molecule has 4 rings (SSSR count). The van der Waals surface area contributed by atoms with Gasteiger partial charge in [0.15, 0.2) is 5.17 Å². The molecule has 2 aliphatic rings. The van der Waals surface area contributed by atoms with E-state index in [0.717, 1.165) is 17.4 Å². The average molecular weight is 284 g/mol. The molecule has 2 aromatic heterocycles. The lowest BCUT2D eigenvalue weighted by atomic mass is 10.0. The van der Waals surface area contributed by atoms with E-state index in [4.69, 9.17) is 4.99 Å². The summed E-state index contributed by atoms with van der Waals surface area (Å²) in [7, 11) is 0. The molecule has 4 nitrogen and oxygen atoms in total. The van der Waals surface area contributed by atoms with E-state index in [1.807, 2.05) is 36.3 Å². The number of thioether (sulfide) groups is 1. The predicted octanol–water partition coefficient (Wildman–Crippen LogP) is 3.00. The minimum Gasteiger partial charge on any atom is -0.363 e. The Morgan fingerprint density at radius 2 is 2.25 bits per heavy atom. The van der Waals surface area contributed by atoms with Gasteiger partial charge in [-0.3, -0.25) is 9.98 Å². The van der Waals surface area contributed by atoms with E-state index in [1.54, 1.807) is 0 Å². The van der Waals surface area contributed by atoms with Gasteiger partial charge in [-0.15, -0.1) is 0 Å². The van der Waals surface area contributed by atoms with Crippen LogP contribution in [0.5, 0.6) is 0 Å². The molecule has 1 N–H and O–H groups in total. The number of aromatic amines is 1. The van der Waals surface area contributed by atoms with Crippen LogP contribution in [0.3, 0.4) is 0 Å². The van der Waals surface area contributed by atoms with Crippen LogP contribution in [0.25, 0.3) is 0 Å². The fourth-order valence-electron chi connectivity index (χ4n) is 2.98. The summed E-state index contributed by atoms with van der Waals surface area (Å²) in [5, 5.41) is 1.77. The van der Waals surface area contributed by atoms with E-state index in [2.05, 4.69) is 40.0 Å². The van der Waals surface area contributed by atoms with Crippen molar-refractivity contribution < 1.29 is 0 Å². The molecular formula is C15H16N4S. The van der Waals surface area contributed by atoms with Crippen LogP contribution in [-0.4, -0.2) is 31.8 Å². The van der Waals surface area contributed by atoms with Gasteiger partial charge >= 0.3 is 0 Å². The first-order valence-electron chi connectivity index (χ1n) is 6.88. The minimum absolute atomic E-state index is 0.0878. The Bertz CT molecular complexity index is 623. The fraction of sp³-hybridized carbons (Fsp3) is 0.333. The van der Waals surface area contributed by atoms with Crippen molar-refractivity contribution in [2.24, 2.45) is 4.99 Å². The molecule has 0 aliphatic carbocycles. The standard InChI is InChI=1S/C15H16N4S/c1-10-9-19-14(12-6-4-8-17-12)13(18-15(19)20-10)11-5-2-3-7-16-11/h2-8,10,13-14,17H,9H2,1H3/t10-,13+,14-/m1/s1. The lowest BCUT2D eigenvalue weighted by Crippen LogP contribution is -2.28. The monoisotopic (exact) mass is 284 g/mol. The molecule has 0 spiro atoms. The van der Waals surface area contributed by atoms with Gasteiger partial charge in [-0.1, -0.05) is 24.8 Å². The van der Waals surface area contributed by atoms with Crippen LogP contribution in [0.4, 0.5) is 0 Å². The minimum atomic E-state index is 0.0878. The predicted molar refractivity (Wildman–Crippen MR) is 81.7 cm³/mol. The van der Waals surface area contributed by atoms with Crippen molar-refractivity contribution >= 4 is 16.9 Å². The zero-order chi connectivity index (χ0) is 13.5. The second kappa shape index (κ2) is 4.66. The third kappa shape index (κ3) is 1.85. The summed E-state index contributed by atoms with van der Waals surface area (Å²) < 4.78 is 0. The summed E-state index contributed by atoms with van der Waals surface area (Å²) in [5.74, 6) is 0. The number of rotatable bonds is 2. The summed E-state index contributed by atoms with van der Waals surface area (Å²) >= 11 is 1.87.